The second-order valence-electron chi connectivity index (χ2n) is 5.33. The maximum atomic E-state index is 12.8. The third kappa shape index (κ3) is 5.03. The molecule has 0 unspecified atom stereocenters. The van der Waals surface area contributed by atoms with Gasteiger partial charge >= 0.3 is 12.4 Å². The lowest BCUT2D eigenvalue weighted by Crippen LogP contribution is -2.65. The molecular formula is C13H14F6N4O3S. The third-order valence-corrected chi connectivity index (χ3v) is 4.57. The van der Waals surface area contributed by atoms with Gasteiger partial charge in [-0.2, -0.15) is 31.1 Å². The molecule has 1 aromatic carbocycles. The van der Waals surface area contributed by atoms with Crippen molar-refractivity contribution in [2.45, 2.75) is 29.7 Å². The van der Waals surface area contributed by atoms with Gasteiger partial charge in [0.2, 0.25) is 11.2 Å². The molecule has 0 amide bonds. The van der Waals surface area contributed by atoms with E-state index in [0.717, 1.165) is 29.6 Å². The first-order valence-electron chi connectivity index (χ1n) is 6.77. The maximum Gasteiger partial charge on any atom is 0.420 e. The van der Waals surface area contributed by atoms with Crippen LogP contribution in [0.3, 0.4) is 0 Å². The minimum atomic E-state index is -5.75. The van der Waals surface area contributed by atoms with Crippen molar-refractivity contribution in [2.75, 3.05) is 0 Å². The molecule has 27 heavy (non-hydrogen) atoms. The standard InChI is InChI=1S/C13H14F6N4O3S/c1-8(20-11(2,12(14,15)16)13(17,18)19)21-22-27(25,26)10-6-4-9(5-7-10)23(3)24/h4-7,20-22H,1,3H2,2H3. The van der Waals surface area contributed by atoms with Gasteiger partial charge in [0.25, 0.3) is 10.0 Å². The number of benzene rings is 1. The Balaban J connectivity index is 2.90. The van der Waals surface area contributed by atoms with E-state index in [1.807, 2.05) is 0 Å². The molecule has 0 radical (unpaired) electrons. The molecule has 14 heteroatoms. The van der Waals surface area contributed by atoms with Crippen LogP contribution in [0.1, 0.15) is 6.92 Å². The predicted molar refractivity (Wildman–Crippen MR) is 83.1 cm³/mol. The SMILES string of the molecule is C=C(NNS(=O)(=O)c1ccc([N+](=C)[O-])cc1)NC(C)(C(F)(F)F)C(F)(F)F. The summed E-state index contributed by atoms with van der Waals surface area (Å²) in [7, 11) is -4.39. The number of hydrogen-bond donors (Lipinski definition) is 3. The summed E-state index contributed by atoms with van der Waals surface area (Å²) in [6, 6.07) is 4.13. The number of nitrogens with one attached hydrogen (secondary N) is 3. The quantitative estimate of drug-likeness (QED) is 0.207. The van der Waals surface area contributed by atoms with Crippen molar-refractivity contribution in [3.63, 3.8) is 0 Å². The van der Waals surface area contributed by atoms with Gasteiger partial charge in [0.1, 0.15) is 12.5 Å². The molecule has 7 nitrogen and oxygen atoms in total. The van der Waals surface area contributed by atoms with E-state index in [1.165, 1.54) is 0 Å². The summed E-state index contributed by atoms with van der Waals surface area (Å²) in [5.74, 6) is -1.10. The summed E-state index contributed by atoms with van der Waals surface area (Å²) in [5, 5.41) is 12.0. The topological polar surface area (TPSA) is 96.3 Å². The Bertz CT molecular complexity index is 804. The number of halogens is 6. The zero-order valence-electron chi connectivity index (χ0n) is 13.6. The van der Waals surface area contributed by atoms with Crippen molar-refractivity contribution in [1.82, 2.24) is 15.6 Å². The van der Waals surface area contributed by atoms with Crippen molar-refractivity contribution in [3.05, 3.63) is 41.9 Å². The molecule has 0 aliphatic rings. The van der Waals surface area contributed by atoms with Crippen molar-refractivity contribution in [3.8, 4) is 0 Å². The Morgan fingerprint density at radius 1 is 1.07 bits per heavy atom. The second-order valence-corrected chi connectivity index (χ2v) is 7.01. The molecule has 0 saturated heterocycles. The van der Waals surface area contributed by atoms with Crippen LogP contribution in [-0.2, 0) is 10.0 Å². The lowest BCUT2D eigenvalue weighted by molar-refractivity contribution is -0.349. The molecule has 0 aliphatic carbocycles. The molecule has 1 rings (SSSR count). The highest BCUT2D eigenvalue weighted by Crippen LogP contribution is 2.42. The highest BCUT2D eigenvalue weighted by atomic mass is 32.2. The first-order chi connectivity index (χ1) is 12.0. The first-order valence-corrected chi connectivity index (χ1v) is 8.26. The summed E-state index contributed by atoms with van der Waals surface area (Å²) in [6.45, 7) is 5.76. The Hall–Kier alpha value is -2.48. The Morgan fingerprint density at radius 2 is 1.52 bits per heavy atom. The first kappa shape index (κ1) is 22.6. The van der Waals surface area contributed by atoms with E-state index < -0.39 is 38.6 Å². The van der Waals surface area contributed by atoms with Crippen molar-refractivity contribution < 1.29 is 39.5 Å². The molecule has 0 atom stereocenters. The highest BCUT2D eigenvalue weighted by molar-refractivity contribution is 7.89. The average Bonchev–Trinajstić information content (AvgIpc) is 2.51. The van der Waals surface area contributed by atoms with Crippen LogP contribution >= 0.6 is 0 Å². The molecule has 0 fully saturated rings. The van der Waals surface area contributed by atoms with Crippen molar-refractivity contribution in [2.24, 2.45) is 0 Å². The number of nitrogens with zero attached hydrogens (tertiary/aromatic N) is 1. The zero-order chi connectivity index (χ0) is 21.3. The predicted octanol–water partition coefficient (Wildman–Crippen LogP) is 2.26. The zero-order valence-corrected chi connectivity index (χ0v) is 14.4. The monoisotopic (exact) mass is 420 g/mol. The van der Waals surface area contributed by atoms with Crippen LogP contribution in [0.15, 0.2) is 41.6 Å². The van der Waals surface area contributed by atoms with Gasteiger partial charge in [-0.15, -0.1) is 4.83 Å². The lowest BCUT2D eigenvalue weighted by atomic mass is 10.0. The second kappa shape index (κ2) is 7.26. The van der Waals surface area contributed by atoms with Crippen LogP contribution in [0.2, 0.25) is 0 Å². The van der Waals surface area contributed by atoms with Crippen LogP contribution in [0, 0.1) is 5.21 Å². The van der Waals surface area contributed by atoms with E-state index in [0.29, 0.717) is 0 Å². The van der Waals surface area contributed by atoms with Gasteiger partial charge in [0.15, 0.2) is 0 Å². The fourth-order valence-electron chi connectivity index (χ4n) is 1.61. The average molecular weight is 420 g/mol. The van der Waals surface area contributed by atoms with E-state index >= 15 is 0 Å². The van der Waals surface area contributed by atoms with Crippen molar-refractivity contribution >= 4 is 22.4 Å². The number of alkyl halides is 6. The van der Waals surface area contributed by atoms with E-state index in [2.05, 4.69) is 13.3 Å². The molecule has 0 aromatic heterocycles. The maximum absolute atomic E-state index is 12.8. The highest BCUT2D eigenvalue weighted by Gasteiger charge is 2.68. The van der Waals surface area contributed by atoms with Crippen LogP contribution < -0.4 is 15.6 Å². The summed E-state index contributed by atoms with van der Waals surface area (Å²) < 4.78 is 101. The summed E-state index contributed by atoms with van der Waals surface area (Å²) in [6.07, 6.45) is -11.5. The van der Waals surface area contributed by atoms with Gasteiger partial charge < -0.3 is 10.5 Å². The molecule has 0 saturated carbocycles. The lowest BCUT2D eigenvalue weighted by Gasteiger charge is -2.36. The van der Waals surface area contributed by atoms with E-state index in [-0.39, 0.29) is 17.3 Å². The molecule has 152 valence electrons. The van der Waals surface area contributed by atoms with Gasteiger partial charge in [-0.25, -0.2) is 8.42 Å². The number of hydrazine groups is 1. The van der Waals surface area contributed by atoms with Gasteiger partial charge in [-0.05, 0) is 19.1 Å². The molecule has 3 N–H and O–H groups in total. The largest absolute Gasteiger partial charge is 0.619 e. The van der Waals surface area contributed by atoms with E-state index in [9.17, 15) is 40.0 Å². The minimum absolute atomic E-state index is 0.0131. The number of hydrogen-bond acceptors (Lipinski definition) is 5. The van der Waals surface area contributed by atoms with E-state index in [4.69, 9.17) is 0 Å². The Morgan fingerprint density at radius 3 is 1.89 bits per heavy atom. The van der Waals surface area contributed by atoms with Crippen LogP contribution in [0.4, 0.5) is 32.0 Å². The van der Waals surface area contributed by atoms with Crippen LogP contribution in [0.5, 0.6) is 0 Å². The molecular weight excluding hydrogens is 406 g/mol. The van der Waals surface area contributed by atoms with Gasteiger partial charge in [-0.3, -0.25) is 5.43 Å². The number of rotatable bonds is 7. The summed E-state index contributed by atoms with van der Waals surface area (Å²) >= 11 is 0. The molecule has 0 spiro atoms. The fraction of sp³-hybridized carbons (Fsp3) is 0.308. The van der Waals surface area contributed by atoms with Crippen LogP contribution in [-0.4, -0.2) is 37.8 Å². The molecule has 0 heterocycles. The van der Waals surface area contributed by atoms with E-state index in [1.54, 1.807) is 10.3 Å². The Labute approximate surface area is 150 Å². The van der Waals surface area contributed by atoms with Gasteiger partial charge in [0, 0.05) is 12.1 Å². The summed E-state index contributed by atoms with van der Waals surface area (Å²) in [5.41, 5.74) is -2.73. The fourth-order valence-corrected chi connectivity index (χ4v) is 2.48. The van der Waals surface area contributed by atoms with Crippen LogP contribution in [0.25, 0.3) is 0 Å². The normalized spacial score (nSPS) is 13.1. The minimum Gasteiger partial charge on any atom is -0.619 e. The Kier molecular flexibility index (Phi) is 6.07. The number of sulfonamides is 1. The van der Waals surface area contributed by atoms with Crippen molar-refractivity contribution in [1.29, 1.82) is 0 Å². The third-order valence-electron chi connectivity index (χ3n) is 3.31. The van der Waals surface area contributed by atoms with Gasteiger partial charge in [-0.1, -0.05) is 6.58 Å². The smallest absolute Gasteiger partial charge is 0.420 e. The molecule has 0 bridgehead atoms. The molecule has 0 aliphatic heterocycles. The van der Waals surface area contributed by atoms with Gasteiger partial charge in [0.05, 0.1) is 4.90 Å². The summed E-state index contributed by atoms with van der Waals surface area (Å²) in [4.78, 5) is 1.14. The molecule has 1 aromatic rings.